The van der Waals surface area contributed by atoms with Gasteiger partial charge in [0, 0.05) is 18.6 Å². The molecule has 13 heavy (non-hydrogen) atoms. The summed E-state index contributed by atoms with van der Waals surface area (Å²) in [6.45, 7) is 0. The largest absolute Gasteiger partial charge is 1.00 e. The van der Waals surface area contributed by atoms with Gasteiger partial charge in [0.2, 0.25) is 0 Å². The Kier molecular flexibility index (Phi) is 27.3. The van der Waals surface area contributed by atoms with Crippen molar-refractivity contribution in [1.29, 1.82) is 0 Å². The summed E-state index contributed by atoms with van der Waals surface area (Å²) in [5, 5.41) is 0. The normalized spacial score (nSPS) is 9.08. The van der Waals surface area contributed by atoms with Crippen molar-refractivity contribution in [3.05, 3.63) is 0 Å². The second-order valence-electron chi connectivity index (χ2n) is 1.03. The van der Waals surface area contributed by atoms with Crippen LogP contribution in [0.2, 0.25) is 0 Å². The summed E-state index contributed by atoms with van der Waals surface area (Å²) in [6.07, 6.45) is 0. The van der Waals surface area contributed by atoms with Crippen molar-refractivity contribution in [3.63, 3.8) is 0 Å². The summed E-state index contributed by atoms with van der Waals surface area (Å²) in [5.74, 6) is 0. The number of phosphoric acid groups is 2. The monoisotopic (exact) mass is 263 g/mol. The fourth-order valence-electron chi connectivity index (χ4n) is 0. The van der Waals surface area contributed by atoms with Crippen LogP contribution >= 0.6 is 15.6 Å². The molecule has 0 aliphatic heterocycles. The molecular formula is H8Li2O8P2V. The van der Waals surface area contributed by atoms with E-state index >= 15 is 0 Å². The molecule has 0 rings (SSSR count). The zero-order chi connectivity index (χ0) is 9.00. The molecule has 73 valence electrons. The van der Waals surface area contributed by atoms with Gasteiger partial charge >= 0.3 is 53.4 Å². The molecule has 1 radical (unpaired) electrons. The first-order chi connectivity index (χ1) is 4.00. The molecule has 0 saturated heterocycles. The zero-order valence-electron chi connectivity index (χ0n) is 8.84. The van der Waals surface area contributed by atoms with E-state index < -0.39 is 15.6 Å². The first-order valence-corrected chi connectivity index (χ1v) is 4.70. The third-order valence-electron chi connectivity index (χ3n) is 0. The maximum absolute atomic E-state index is 8.88. The van der Waals surface area contributed by atoms with Crippen LogP contribution in [0.25, 0.3) is 0 Å². The van der Waals surface area contributed by atoms with E-state index in [1.807, 2.05) is 0 Å². The minimum Gasteiger partial charge on any atom is -1.00 e. The van der Waals surface area contributed by atoms with Crippen LogP contribution in [-0.2, 0) is 27.7 Å². The molecule has 0 aliphatic rings. The first kappa shape index (κ1) is 29.4. The van der Waals surface area contributed by atoms with Gasteiger partial charge in [0.15, 0.2) is 0 Å². The third kappa shape index (κ3) is 504. The predicted octanol–water partition coefficient (Wildman–Crippen LogP) is -7.63. The van der Waals surface area contributed by atoms with E-state index in [-0.39, 0.29) is 59.1 Å². The summed E-state index contributed by atoms with van der Waals surface area (Å²) in [7, 11) is -9.28. The van der Waals surface area contributed by atoms with Gasteiger partial charge in [-0.05, 0) is 0 Å². The van der Waals surface area contributed by atoms with Gasteiger partial charge in [-0.3, -0.25) is 0 Å². The average molecular weight is 263 g/mol. The molecule has 0 aromatic carbocycles. The Balaban J connectivity index is -0.0000000128. The Labute approximate surface area is 113 Å². The van der Waals surface area contributed by atoms with E-state index in [1.54, 1.807) is 0 Å². The molecule has 0 fully saturated rings. The summed E-state index contributed by atoms with van der Waals surface area (Å²) >= 11 is 0. The van der Waals surface area contributed by atoms with Crippen molar-refractivity contribution in [3.8, 4) is 0 Å². The summed E-state index contributed by atoms with van der Waals surface area (Å²) < 4.78 is 17.8. The van der Waals surface area contributed by atoms with Gasteiger partial charge in [0.05, 0.1) is 0 Å². The van der Waals surface area contributed by atoms with Crippen LogP contribution in [0, 0.1) is 0 Å². The number of hydrogen-bond acceptors (Lipinski definition) is 2. The van der Waals surface area contributed by atoms with Crippen LogP contribution < -0.4 is 37.7 Å². The maximum Gasteiger partial charge on any atom is 1.00 e. The minimum atomic E-state index is -4.64. The fourth-order valence-corrected chi connectivity index (χ4v) is 0. The molecule has 0 spiro atoms. The number of rotatable bonds is 0. The quantitative estimate of drug-likeness (QED) is 0.186. The van der Waals surface area contributed by atoms with Crippen LogP contribution in [0.5, 0.6) is 0 Å². The van der Waals surface area contributed by atoms with Crippen molar-refractivity contribution < 1.29 is 97.6 Å². The maximum atomic E-state index is 8.88. The zero-order valence-corrected chi connectivity index (χ0v) is 10.0. The standard InChI is InChI=1S/2Li.2H3O4P.V.2H/c;;2*1-5(2,3)4;;;/h;;2*(H3,1,2,3,4);;;/q2*+1;;;;2*-1. The van der Waals surface area contributed by atoms with Crippen molar-refractivity contribution >= 4 is 15.6 Å². The molecule has 0 unspecified atom stereocenters. The average Bonchev–Trinajstić information content (AvgIpc) is 1.12. The van der Waals surface area contributed by atoms with Gasteiger partial charge in [-0.25, -0.2) is 9.13 Å². The van der Waals surface area contributed by atoms with E-state index in [4.69, 9.17) is 38.5 Å². The second-order valence-corrected chi connectivity index (χ2v) is 3.08. The smallest absolute Gasteiger partial charge is 1.00 e. The van der Waals surface area contributed by atoms with Gasteiger partial charge < -0.3 is 32.2 Å². The SMILES string of the molecule is O=P(O)(O)O.O=P(O)(O)O.[H-].[H-].[Li+].[Li+].[V]. The van der Waals surface area contributed by atoms with Crippen molar-refractivity contribution in [2.75, 3.05) is 0 Å². The van der Waals surface area contributed by atoms with Crippen molar-refractivity contribution in [1.82, 2.24) is 0 Å². The molecule has 6 N–H and O–H groups in total. The molecule has 0 amide bonds. The van der Waals surface area contributed by atoms with Gasteiger partial charge in [0.25, 0.3) is 0 Å². The van der Waals surface area contributed by atoms with Gasteiger partial charge in [-0.1, -0.05) is 0 Å². The van der Waals surface area contributed by atoms with Crippen LogP contribution in [0.1, 0.15) is 2.85 Å². The van der Waals surface area contributed by atoms with E-state index in [1.165, 1.54) is 0 Å². The summed E-state index contributed by atoms with van der Waals surface area (Å²) in [4.78, 5) is 43.1. The summed E-state index contributed by atoms with van der Waals surface area (Å²) in [6, 6.07) is 0. The molecule has 0 atom stereocenters. The van der Waals surface area contributed by atoms with E-state index in [9.17, 15) is 0 Å². The molecule has 0 aromatic heterocycles. The van der Waals surface area contributed by atoms with Crippen LogP contribution in [0.4, 0.5) is 0 Å². The van der Waals surface area contributed by atoms with Crippen molar-refractivity contribution in [2.45, 2.75) is 0 Å². The van der Waals surface area contributed by atoms with Crippen LogP contribution in [-0.4, -0.2) is 29.4 Å². The van der Waals surface area contributed by atoms with E-state index in [0.717, 1.165) is 0 Å². The molecule has 0 saturated carbocycles. The molecule has 0 heterocycles. The minimum absolute atomic E-state index is 0. The summed E-state index contributed by atoms with van der Waals surface area (Å²) in [5.41, 5.74) is 0. The molecule has 0 aromatic rings. The van der Waals surface area contributed by atoms with Crippen LogP contribution in [0.15, 0.2) is 0 Å². The van der Waals surface area contributed by atoms with E-state index in [0.29, 0.717) is 0 Å². The van der Waals surface area contributed by atoms with Crippen molar-refractivity contribution in [2.24, 2.45) is 0 Å². The topological polar surface area (TPSA) is 156 Å². The molecule has 0 bridgehead atoms. The molecule has 13 heteroatoms. The first-order valence-electron chi connectivity index (χ1n) is 1.57. The Morgan fingerprint density at radius 2 is 0.692 bits per heavy atom. The Hall–Kier alpha value is 2.00. The molecule has 0 aliphatic carbocycles. The van der Waals surface area contributed by atoms with Gasteiger partial charge in [0.1, 0.15) is 0 Å². The molecule has 8 nitrogen and oxygen atoms in total. The van der Waals surface area contributed by atoms with E-state index in [2.05, 4.69) is 0 Å². The molecular weight excluding hydrogens is 255 g/mol. The fraction of sp³-hybridized carbons (Fsp3) is 0. The van der Waals surface area contributed by atoms with Gasteiger partial charge in [-0.2, -0.15) is 0 Å². The van der Waals surface area contributed by atoms with Crippen LogP contribution in [0.3, 0.4) is 0 Å². The second kappa shape index (κ2) is 12.1. The Bertz CT molecular complexity index is 141. The number of hydrogen-bond donors (Lipinski definition) is 6. The third-order valence-corrected chi connectivity index (χ3v) is 0. The van der Waals surface area contributed by atoms with Gasteiger partial charge in [-0.15, -0.1) is 0 Å². The predicted molar refractivity (Wildman–Crippen MR) is 30.7 cm³/mol. The Morgan fingerprint density at radius 1 is 0.692 bits per heavy atom. The Morgan fingerprint density at radius 3 is 0.692 bits per heavy atom.